The topological polar surface area (TPSA) is 62.6 Å². The molecule has 1 aliphatic rings. The Bertz CT molecular complexity index is 881. The molecule has 126 valence electrons. The Morgan fingerprint density at radius 1 is 0.920 bits per heavy atom. The van der Waals surface area contributed by atoms with Gasteiger partial charge in [-0.15, -0.1) is 0 Å². The first kappa shape index (κ1) is 15.6. The molecule has 3 aromatic rings. The fourth-order valence-electron chi connectivity index (χ4n) is 3.27. The lowest BCUT2D eigenvalue weighted by atomic mass is 9.94. The lowest BCUT2D eigenvalue weighted by molar-refractivity contribution is 0.0609. The van der Waals surface area contributed by atoms with Crippen LogP contribution in [0.25, 0.3) is 10.8 Å². The van der Waals surface area contributed by atoms with Crippen molar-refractivity contribution in [2.24, 2.45) is 0 Å². The van der Waals surface area contributed by atoms with Crippen LogP contribution in [0.1, 0.15) is 32.9 Å². The van der Waals surface area contributed by atoms with Gasteiger partial charge in [0.05, 0.1) is 12.8 Å². The van der Waals surface area contributed by atoms with E-state index in [1.54, 1.807) is 18.4 Å². The number of hydrogen-bond donors (Lipinski definition) is 1. The molecule has 0 aliphatic carbocycles. The van der Waals surface area contributed by atoms with E-state index in [1.807, 2.05) is 36.4 Å². The van der Waals surface area contributed by atoms with Crippen molar-refractivity contribution in [3.8, 4) is 0 Å². The van der Waals surface area contributed by atoms with Crippen molar-refractivity contribution < 1.29 is 14.0 Å². The number of benzene rings is 2. The molecule has 1 aliphatic heterocycles. The fourth-order valence-corrected chi connectivity index (χ4v) is 3.27. The minimum absolute atomic E-state index is 0.208. The number of furan rings is 1. The maximum atomic E-state index is 12.7. The normalized spacial score (nSPS) is 13.7. The summed E-state index contributed by atoms with van der Waals surface area (Å²) in [6, 6.07) is 14.9. The van der Waals surface area contributed by atoms with Gasteiger partial charge in [-0.25, -0.2) is 0 Å². The summed E-state index contributed by atoms with van der Waals surface area (Å²) in [5.41, 5.74) is 1.22. The van der Waals surface area contributed by atoms with Crippen LogP contribution in [0.15, 0.2) is 59.2 Å². The highest BCUT2D eigenvalue weighted by atomic mass is 16.3. The molecule has 0 fully saturated rings. The van der Waals surface area contributed by atoms with Gasteiger partial charge < -0.3 is 9.73 Å². The number of hydrogen-bond acceptors (Lipinski definition) is 4. The zero-order valence-corrected chi connectivity index (χ0v) is 13.7. The number of nitrogens with zero attached hydrogens (tertiary/aromatic N) is 1. The Morgan fingerprint density at radius 3 is 2.28 bits per heavy atom. The lowest BCUT2D eigenvalue weighted by Gasteiger charge is -2.27. The number of carbonyl (C=O) groups is 2. The standard InChI is InChI=1S/C20H18N2O3/c23-19-16-8-1-5-14-6-2-9-17(18(14)16)20(24)22(19)11-4-10-21-13-15-7-3-12-25-15/h1-3,5-9,12,21H,4,10-11,13H2. The van der Waals surface area contributed by atoms with Crippen molar-refractivity contribution in [3.63, 3.8) is 0 Å². The number of rotatable bonds is 6. The molecular weight excluding hydrogens is 316 g/mol. The van der Waals surface area contributed by atoms with Gasteiger partial charge in [-0.2, -0.15) is 0 Å². The summed E-state index contributed by atoms with van der Waals surface area (Å²) in [6.07, 6.45) is 2.33. The summed E-state index contributed by atoms with van der Waals surface area (Å²) < 4.78 is 5.25. The zero-order chi connectivity index (χ0) is 17.2. The largest absolute Gasteiger partial charge is 0.468 e. The van der Waals surface area contributed by atoms with Crippen LogP contribution in [-0.2, 0) is 6.54 Å². The first-order valence-electron chi connectivity index (χ1n) is 8.37. The van der Waals surface area contributed by atoms with Gasteiger partial charge in [0.15, 0.2) is 0 Å². The van der Waals surface area contributed by atoms with Crippen LogP contribution in [-0.4, -0.2) is 29.8 Å². The highest BCUT2D eigenvalue weighted by Crippen LogP contribution is 2.29. The Hall–Kier alpha value is -2.92. The molecule has 4 rings (SSSR count). The van der Waals surface area contributed by atoms with Crippen molar-refractivity contribution in [1.82, 2.24) is 10.2 Å². The molecule has 1 aromatic heterocycles. The van der Waals surface area contributed by atoms with Gasteiger partial charge in [0, 0.05) is 23.1 Å². The molecule has 5 nitrogen and oxygen atoms in total. The molecular formula is C20H18N2O3. The smallest absolute Gasteiger partial charge is 0.261 e. The van der Waals surface area contributed by atoms with Crippen LogP contribution in [0, 0.1) is 0 Å². The van der Waals surface area contributed by atoms with E-state index in [-0.39, 0.29) is 11.8 Å². The van der Waals surface area contributed by atoms with E-state index in [4.69, 9.17) is 4.42 Å². The average molecular weight is 334 g/mol. The van der Waals surface area contributed by atoms with E-state index in [0.717, 1.165) is 16.5 Å². The van der Waals surface area contributed by atoms with Gasteiger partial charge in [-0.05, 0) is 42.6 Å². The zero-order valence-electron chi connectivity index (χ0n) is 13.7. The summed E-state index contributed by atoms with van der Waals surface area (Å²) in [7, 11) is 0. The Morgan fingerprint density at radius 2 is 1.64 bits per heavy atom. The molecule has 0 spiro atoms. The quantitative estimate of drug-likeness (QED) is 0.555. The van der Waals surface area contributed by atoms with Gasteiger partial charge in [0.25, 0.3) is 11.8 Å². The van der Waals surface area contributed by atoms with Gasteiger partial charge in [-0.1, -0.05) is 24.3 Å². The van der Waals surface area contributed by atoms with E-state index in [9.17, 15) is 9.59 Å². The Labute approximate surface area is 145 Å². The first-order valence-corrected chi connectivity index (χ1v) is 8.37. The van der Waals surface area contributed by atoms with Crippen molar-refractivity contribution in [1.29, 1.82) is 0 Å². The van der Waals surface area contributed by atoms with Crippen LogP contribution < -0.4 is 5.32 Å². The molecule has 1 N–H and O–H groups in total. The number of amides is 2. The molecule has 0 saturated heterocycles. The maximum Gasteiger partial charge on any atom is 0.261 e. The Balaban J connectivity index is 1.45. The number of nitrogens with one attached hydrogen (secondary N) is 1. The molecule has 5 heteroatoms. The molecule has 25 heavy (non-hydrogen) atoms. The summed E-state index contributed by atoms with van der Waals surface area (Å²) >= 11 is 0. The second-order valence-corrected chi connectivity index (χ2v) is 6.08. The SMILES string of the molecule is O=C1c2cccc3cccc(c23)C(=O)N1CCCNCc1ccco1. The third kappa shape index (κ3) is 2.83. The predicted octanol–water partition coefficient (Wildman–Crippen LogP) is 3.21. The van der Waals surface area contributed by atoms with Crippen LogP contribution in [0.2, 0.25) is 0 Å². The summed E-state index contributed by atoms with van der Waals surface area (Å²) in [5, 5.41) is 4.95. The summed E-state index contributed by atoms with van der Waals surface area (Å²) in [6.45, 7) is 1.73. The van der Waals surface area contributed by atoms with Gasteiger partial charge in [-0.3, -0.25) is 14.5 Å². The second-order valence-electron chi connectivity index (χ2n) is 6.08. The average Bonchev–Trinajstić information content (AvgIpc) is 3.15. The predicted molar refractivity (Wildman–Crippen MR) is 94.3 cm³/mol. The highest BCUT2D eigenvalue weighted by Gasteiger charge is 2.31. The maximum absolute atomic E-state index is 12.7. The van der Waals surface area contributed by atoms with Crippen LogP contribution in [0.5, 0.6) is 0 Å². The molecule has 0 bridgehead atoms. The fraction of sp³-hybridized carbons (Fsp3) is 0.200. The van der Waals surface area contributed by atoms with Gasteiger partial charge in [0.2, 0.25) is 0 Å². The van der Waals surface area contributed by atoms with E-state index in [1.165, 1.54) is 4.90 Å². The second kappa shape index (κ2) is 6.53. The monoisotopic (exact) mass is 334 g/mol. The van der Waals surface area contributed by atoms with Gasteiger partial charge >= 0.3 is 0 Å². The molecule has 0 radical (unpaired) electrons. The third-order valence-corrected chi connectivity index (χ3v) is 4.47. The summed E-state index contributed by atoms with van der Waals surface area (Å²) in [5.74, 6) is 0.450. The van der Waals surface area contributed by atoms with Crippen molar-refractivity contribution >= 4 is 22.6 Å². The van der Waals surface area contributed by atoms with Crippen LogP contribution in [0.3, 0.4) is 0 Å². The molecule has 0 saturated carbocycles. The minimum Gasteiger partial charge on any atom is -0.468 e. The van der Waals surface area contributed by atoms with Crippen molar-refractivity contribution in [2.75, 3.05) is 13.1 Å². The van der Waals surface area contributed by atoms with Crippen molar-refractivity contribution in [2.45, 2.75) is 13.0 Å². The highest BCUT2D eigenvalue weighted by molar-refractivity contribution is 6.25. The molecule has 2 aromatic carbocycles. The minimum atomic E-state index is -0.208. The van der Waals surface area contributed by atoms with Crippen LogP contribution in [0.4, 0.5) is 0 Å². The molecule has 0 atom stereocenters. The number of carbonyl (C=O) groups excluding carboxylic acids is 2. The Kier molecular flexibility index (Phi) is 4.07. The molecule has 2 heterocycles. The first-order chi connectivity index (χ1) is 12.3. The van der Waals surface area contributed by atoms with Gasteiger partial charge in [0.1, 0.15) is 5.76 Å². The third-order valence-electron chi connectivity index (χ3n) is 4.47. The summed E-state index contributed by atoms with van der Waals surface area (Å²) in [4.78, 5) is 26.8. The van der Waals surface area contributed by atoms with Crippen molar-refractivity contribution in [3.05, 3.63) is 71.7 Å². The number of imide groups is 1. The van der Waals surface area contributed by atoms with E-state index in [2.05, 4.69) is 5.32 Å². The lowest BCUT2D eigenvalue weighted by Crippen LogP contribution is -2.41. The van der Waals surface area contributed by atoms with E-state index >= 15 is 0 Å². The van der Waals surface area contributed by atoms with E-state index < -0.39 is 0 Å². The molecule has 2 amide bonds. The van der Waals surface area contributed by atoms with E-state index in [0.29, 0.717) is 37.2 Å². The van der Waals surface area contributed by atoms with Crippen LogP contribution >= 0.6 is 0 Å². The molecule has 0 unspecified atom stereocenters.